The van der Waals surface area contributed by atoms with E-state index in [1.807, 2.05) is 5.43 Å². The van der Waals surface area contributed by atoms with Gasteiger partial charge in [-0.15, -0.1) is 0 Å². The minimum atomic E-state index is -0.514. The van der Waals surface area contributed by atoms with E-state index in [0.717, 1.165) is 0 Å². The SMILES string of the molecule is NNC(=O)c1cc(N)cnc1Cl. The van der Waals surface area contributed by atoms with Crippen molar-refractivity contribution in [2.75, 3.05) is 5.73 Å². The Hall–Kier alpha value is -1.33. The molecule has 64 valence electrons. The quantitative estimate of drug-likeness (QED) is 0.248. The number of anilines is 1. The highest BCUT2D eigenvalue weighted by Gasteiger charge is 2.09. The molecule has 0 atom stereocenters. The van der Waals surface area contributed by atoms with Crippen LogP contribution in [-0.4, -0.2) is 10.9 Å². The highest BCUT2D eigenvalue weighted by molar-refractivity contribution is 6.32. The molecule has 1 rings (SSSR count). The Bertz CT molecular complexity index is 314. The van der Waals surface area contributed by atoms with Crippen LogP contribution >= 0.6 is 11.6 Å². The number of nitrogen functional groups attached to an aromatic ring is 2. The van der Waals surface area contributed by atoms with Crippen molar-refractivity contribution in [3.05, 3.63) is 23.0 Å². The van der Waals surface area contributed by atoms with Gasteiger partial charge in [0.2, 0.25) is 0 Å². The molecule has 5 N–H and O–H groups in total. The van der Waals surface area contributed by atoms with Gasteiger partial charge in [-0.3, -0.25) is 10.2 Å². The number of carbonyl (C=O) groups excluding carboxylic acids is 1. The van der Waals surface area contributed by atoms with Crippen molar-refractivity contribution < 1.29 is 4.79 Å². The van der Waals surface area contributed by atoms with Gasteiger partial charge >= 0.3 is 0 Å². The lowest BCUT2D eigenvalue weighted by atomic mass is 10.2. The van der Waals surface area contributed by atoms with E-state index >= 15 is 0 Å². The maximum atomic E-state index is 11.0. The normalized spacial score (nSPS) is 9.50. The van der Waals surface area contributed by atoms with Crippen LogP contribution in [0.3, 0.4) is 0 Å². The molecule has 5 nitrogen and oxygen atoms in total. The Balaban J connectivity index is 3.13. The molecule has 6 heteroatoms. The molecular weight excluding hydrogens is 180 g/mol. The fourth-order valence-corrected chi connectivity index (χ4v) is 0.890. The van der Waals surface area contributed by atoms with E-state index in [2.05, 4.69) is 4.98 Å². The van der Waals surface area contributed by atoms with Crippen molar-refractivity contribution in [2.45, 2.75) is 0 Å². The largest absolute Gasteiger partial charge is 0.397 e. The van der Waals surface area contributed by atoms with E-state index in [9.17, 15) is 4.79 Å². The van der Waals surface area contributed by atoms with Gasteiger partial charge in [0.05, 0.1) is 17.4 Å². The van der Waals surface area contributed by atoms with Crippen molar-refractivity contribution in [1.82, 2.24) is 10.4 Å². The van der Waals surface area contributed by atoms with E-state index in [0.29, 0.717) is 5.69 Å². The van der Waals surface area contributed by atoms with Crippen LogP contribution in [0.15, 0.2) is 12.3 Å². The lowest BCUT2D eigenvalue weighted by molar-refractivity contribution is 0.0953. The van der Waals surface area contributed by atoms with Crippen LogP contribution in [0.5, 0.6) is 0 Å². The molecule has 1 heterocycles. The van der Waals surface area contributed by atoms with E-state index in [1.54, 1.807) is 0 Å². The van der Waals surface area contributed by atoms with E-state index in [4.69, 9.17) is 23.2 Å². The Morgan fingerprint density at radius 3 is 2.92 bits per heavy atom. The smallest absolute Gasteiger partial charge is 0.268 e. The zero-order valence-electron chi connectivity index (χ0n) is 6.04. The second-order valence-corrected chi connectivity index (χ2v) is 2.44. The fourth-order valence-electron chi connectivity index (χ4n) is 0.701. The Morgan fingerprint density at radius 1 is 1.67 bits per heavy atom. The van der Waals surface area contributed by atoms with Crippen LogP contribution in [0.2, 0.25) is 5.15 Å². The summed E-state index contributed by atoms with van der Waals surface area (Å²) in [4.78, 5) is 14.6. The van der Waals surface area contributed by atoms with Crippen LogP contribution in [0.25, 0.3) is 0 Å². The third kappa shape index (κ3) is 1.63. The molecule has 0 aromatic carbocycles. The number of nitrogens with zero attached hydrogens (tertiary/aromatic N) is 1. The van der Waals surface area contributed by atoms with Crippen LogP contribution in [0.4, 0.5) is 5.69 Å². The van der Waals surface area contributed by atoms with Gasteiger partial charge in [-0.1, -0.05) is 11.6 Å². The molecule has 0 saturated carbocycles. The first-order valence-electron chi connectivity index (χ1n) is 3.07. The lowest BCUT2D eigenvalue weighted by Crippen LogP contribution is -2.30. The predicted molar refractivity (Wildman–Crippen MR) is 45.3 cm³/mol. The molecule has 0 fully saturated rings. The summed E-state index contributed by atoms with van der Waals surface area (Å²) in [7, 11) is 0. The third-order valence-corrected chi connectivity index (χ3v) is 1.54. The van der Waals surface area contributed by atoms with Crippen molar-refractivity contribution in [2.24, 2.45) is 5.84 Å². The van der Waals surface area contributed by atoms with Crippen LogP contribution in [0, 0.1) is 0 Å². The summed E-state index contributed by atoms with van der Waals surface area (Å²) in [6.07, 6.45) is 1.36. The highest BCUT2D eigenvalue weighted by Crippen LogP contribution is 2.14. The standard InChI is InChI=1S/C6H7ClN4O/c7-5-4(6(12)11-9)1-3(8)2-10-5/h1-2H,8-9H2,(H,11,12). The van der Waals surface area contributed by atoms with E-state index < -0.39 is 5.91 Å². The van der Waals surface area contributed by atoms with E-state index in [1.165, 1.54) is 12.3 Å². The summed E-state index contributed by atoms with van der Waals surface area (Å²) in [6, 6.07) is 1.40. The number of aromatic nitrogens is 1. The Labute approximate surface area is 73.7 Å². The number of halogens is 1. The molecule has 1 aromatic heterocycles. The summed E-state index contributed by atoms with van der Waals surface area (Å²) in [5, 5.41) is 0.0761. The molecule has 12 heavy (non-hydrogen) atoms. The lowest BCUT2D eigenvalue weighted by Gasteiger charge is -2.01. The fraction of sp³-hybridized carbons (Fsp3) is 0. The molecular formula is C6H7ClN4O. The molecule has 0 radical (unpaired) electrons. The van der Waals surface area contributed by atoms with Crippen molar-refractivity contribution in [1.29, 1.82) is 0 Å². The number of pyridine rings is 1. The number of hydrazine groups is 1. The molecule has 1 amide bonds. The number of hydrogen-bond donors (Lipinski definition) is 3. The first-order valence-corrected chi connectivity index (χ1v) is 3.45. The molecule has 0 unspecified atom stereocenters. The molecule has 0 aliphatic carbocycles. The maximum absolute atomic E-state index is 11.0. The minimum absolute atomic E-state index is 0.0761. The maximum Gasteiger partial charge on any atom is 0.268 e. The first kappa shape index (κ1) is 8.76. The summed E-state index contributed by atoms with van der Waals surface area (Å²) < 4.78 is 0. The van der Waals surface area contributed by atoms with Crippen LogP contribution in [-0.2, 0) is 0 Å². The molecule has 1 aromatic rings. The first-order chi connectivity index (χ1) is 5.65. The van der Waals surface area contributed by atoms with Gasteiger partial charge in [0.1, 0.15) is 5.15 Å². The number of nitrogens with one attached hydrogen (secondary N) is 1. The monoisotopic (exact) mass is 186 g/mol. The summed E-state index contributed by atoms with van der Waals surface area (Å²) in [5.41, 5.74) is 7.83. The average Bonchev–Trinajstić information content (AvgIpc) is 2.08. The second-order valence-electron chi connectivity index (χ2n) is 2.08. The molecule has 0 aliphatic rings. The molecule has 0 aliphatic heterocycles. The Morgan fingerprint density at radius 2 is 2.33 bits per heavy atom. The van der Waals surface area contributed by atoms with Crippen molar-refractivity contribution in [3.8, 4) is 0 Å². The molecule has 0 saturated heterocycles. The minimum Gasteiger partial charge on any atom is -0.397 e. The summed E-state index contributed by atoms with van der Waals surface area (Å²) in [5.74, 6) is 4.38. The van der Waals surface area contributed by atoms with Gasteiger partial charge < -0.3 is 5.73 Å². The highest BCUT2D eigenvalue weighted by atomic mass is 35.5. The van der Waals surface area contributed by atoms with Gasteiger partial charge in [0, 0.05) is 0 Å². The van der Waals surface area contributed by atoms with Gasteiger partial charge in [-0.25, -0.2) is 10.8 Å². The Kier molecular flexibility index (Phi) is 2.47. The number of rotatable bonds is 1. The zero-order chi connectivity index (χ0) is 9.14. The van der Waals surface area contributed by atoms with Gasteiger partial charge in [-0.05, 0) is 6.07 Å². The van der Waals surface area contributed by atoms with Crippen molar-refractivity contribution in [3.63, 3.8) is 0 Å². The average molecular weight is 187 g/mol. The van der Waals surface area contributed by atoms with Gasteiger partial charge in [-0.2, -0.15) is 0 Å². The topological polar surface area (TPSA) is 94.0 Å². The number of nitrogens with two attached hydrogens (primary N) is 2. The van der Waals surface area contributed by atoms with Gasteiger partial charge in [0.25, 0.3) is 5.91 Å². The van der Waals surface area contributed by atoms with Crippen LogP contribution in [0.1, 0.15) is 10.4 Å². The number of carbonyl (C=O) groups is 1. The van der Waals surface area contributed by atoms with Crippen molar-refractivity contribution >= 4 is 23.2 Å². The summed E-state index contributed by atoms with van der Waals surface area (Å²) >= 11 is 5.59. The number of hydrogen-bond acceptors (Lipinski definition) is 4. The second kappa shape index (κ2) is 3.38. The van der Waals surface area contributed by atoms with Gasteiger partial charge in [0.15, 0.2) is 0 Å². The third-order valence-electron chi connectivity index (χ3n) is 1.24. The molecule has 0 spiro atoms. The predicted octanol–water partition coefficient (Wildman–Crippen LogP) is -0.0793. The summed E-state index contributed by atoms with van der Waals surface area (Å²) in [6.45, 7) is 0. The van der Waals surface area contributed by atoms with Crippen LogP contribution < -0.4 is 17.0 Å². The zero-order valence-corrected chi connectivity index (χ0v) is 6.80. The number of amides is 1. The molecule has 0 bridgehead atoms. The van der Waals surface area contributed by atoms with E-state index in [-0.39, 0.29) is 10.7 Å².